The highest BCUT2D eigenvalue weighted by molar-refractivity contribution is 5.19. The summed E-state index contributed by atoms with van der Waals surface area (Å²) in [6, 6.07) is 11.3. The Labute approximate surface area is 122 Å². The first-order valence-electron chi connectivity index (χ1n) is 7.95. The quantitative estimate of drug-likeness (QED) is 0.916. The number of ether oxygens (including phenoxy) is 1. The fraction of sp³-hybridized carbons (Fsp3) is 0.647. The molecule has 3 nitrogen and oxygen atoms in total. The lowest BCUT2D eigenvalue weighted by atomic mass is 10.0. The highest BCUT2D eigenvalue weighted by Gasteiger charge is 2.28. The summed E-state index contributed by atoms with van der Waals surface area (Å²) in [5.41, 5.74) is 1.41. The summed E-state index contributed by atoms with van der Waals surface area (Å²) in [4.78, 5) is 2.63. The average molecular weight is 274 g/mol. The fourth-order valence-electron chi connectivity index (χ4n) is 3.41. The molecule has 110 valence electrons. The van der Waals surface area contributed by atoms with Crippen LogP contribution in [-0.4, -0.2) is 43.8 Å². The van der Waals surface area contributed by atoms with Crippen LogP contribution in [0, 0.1) is 5.92 Å². The third-order valence-corrected chi connectivity index (χ3v) is 4.71. The standard InChI is InChI=1S/C17H26N2O/c1-14-16(8-11-20-14)12-19-10-5-9-18-17(13-19)15-6-3-2-4-7-15/h2-4,6-7,14,16-18H,5,8-13H2,1H3. The van der Waals surface area contributed by atoms with Gasteiger partial charge < -0.3 is 15.0 Å². The van der Waals surface area contributed by atoms with Crippen LogP contribution in [-0.2, 0) is 4.74 Å². The summed E-state index contributed by atoms with van der Waals surface area (Å²) in [6.45, 7) is 7.80. The summed E-state index contributed by atoms with van der Waals surface area (Å²) < 4.78 is 5.71. The molecular formula is C17H26N2O. The lowest BCUT2D eigenvalue weighted by Gasteiger charge is -2.28. The Morgan fingerprint density at radius 3 is 2.90 bits per heavy atom. The molecule has 0 aliphatic carbocycles. The van der Waals surface area contributed by atoms with Crippen molar-refractivity contribution in [2.45, 2.75) is 31.9 Å². The Balaban J connectivity index is 1.63. The average Bonchev–Trinajstić information content (AvgIpc) is 2.75. The minimum absolute atomic E-state index is 0.432. The number of nitrogens with zero attached hydrogens (tertiary/aromatic N) is 1. The van der Waals surface area contributed by atoms with E-state index < -0.39 is 0 Å². The summed E-state index contributed by atoms with van der Waals surface area (Å²) in [5, 5.41) is 3.69. The third-order valence-electron chi connectivity index (χ3n) is 4.71. The van der Waals surface area contributed by atoms with E-state index in [0.717, 1.165) is 19.7 Å². The molecule has 0 bridgehead atoms. The Morgan fingerprint density at radius 1 is 1.30 bits per heavy atom. The van der Waals surface area contributed by atoms with Crippen molar-refractivity contribution in [1.29, 1.82) is 0 Å². The number of hydrogen-bond acceptors (Lipinski definition) is 3. The maximum absolute atomic E-state index is 5.71. The minimum Gasteiger partial charge on any atom is -0.378 e. The highest BCUT2D eigenvalue weighted by atomic mass is 16.5. The number of nitrogens with one attached hydrogen (secondary N) is 1. The van der Waals surface area contributed by atoms with E-state index in [0.29, 0.717) is 18.1 Å². The largest absolute Gasteiger partial charge is 0.378 e. The maximum atomic E-state index is 5.71. The van der Waals surface area contributed by atoms with Crippen molar-refractivity contribution in [1.82, 2.24) is 10.2 Å². The molecule has 1 aromatic rings. The Bertz CT molecular complexity index is 409. The minimum atomic E-state index is 0.432. The Kier molecular flexibility index (Phi) is 4.71. The van der Waals surface area contributed by atoms with Crippen LogP contribution < -0.4 is 5.32 Å². The molecule has 1 N–H and O–H groups in total. The molecule has 0 saturated carbocycles. The topological polar surface area (TPSA) is 24.5 Å². The van der Waals surface area contributed by atoms with E-state index in [9.17, 15) is 0 Å². The van der Waals surface area contributed by atoms with Gasteiger partial charge in [-0.25, -0.2) is 0 Å². The first-order chi connectivity index (χ1) is 9.83. The van der Waals surface area contributed by atoms with Gasteiger partial charge in [0.15, 0.2) is 0 Å². The van der Waals surface area contributed by atoms with Crippen molar-refractivity contribution < 1.29 is 4.74 Å². The molecule has 3 rings (SSSR count). The Morgan fingerprint density at radius 2 is 2.15 bits per heavy atom. The SMILES string of the molecule is CC1OCCC1CN1CCCNC(c2ccccc2)C1. The molecule has 1 aromatic carbocycles. The number of benzene rings is 1. The van der Waals surface area contributed by atoms with Crippen LogP contribution in [0.4, 0.5) is 0 Å². The zero-order valence-corrected chi connectivity index (χ0v) is 12.4. The summed E-state index contributed by atoms with van der Waals surface area (Å²) in [5.74, 6) is 0.713. The van der Waals surface area contributed by atoms with Crippen molar-refractivity contribution in [2.24, 2.45) is 5.92 Å². The molecule has 0 amide bonds. The monoisotopic (exact) mass is 274 g/mol. The van der Waals surface area contributed by atoms with Crippen LogP contribution in [0.1, 0.15) is 31.4 Å². The zero-order valence-electron chi connectivity index (χ0n) is 12.4. The van der Waals surface area contributed by atoms with E-state index in [2.05, 4.69) is 47.5 Å². The van der Waals surface area contributed by atoms with Gasteiger partial charge in [0, 0.05) is 25.7 Å². The van der Waals surface area contributed by atoms with Crippen LogP contribution in [0.15, 0.2) is 30.3 Å². The van der Waals surface area contributed by atoms with E-state index in [-0.39, 0.29) is 0 Å². The zero-order chi connectivity index (χ0) is 13.8. The van der Waals surface area contributed by atoms with Crippen LogP contribution in [0.5, 0.6) is 0 Å². The van der Waals surface area contributed by atoms with Crippen LogP contribution >= 0.6 is 0 Å². The van der Waals surface area contributed by atoms with Crippen molar-refractivity contribution in [2.75, 3.05) is 32.8 Å². The van der Waals surface area contributed by atoms with E-state index in [1.54, 1.807) is 0 Å². The van der Waals surface area contributed by atoms with E-state index in [4.69, 9.17) is 4.74 Å². The first kappa shape index (κ1) is 14.1. The van der Waals surface area contributed by atoms with E-state index in [1.807, 2.05) is 0 Å². The van der Waals surface area contributed by atoms with Crippen molar-refractivity contribution >= 4 is 0 Å². The number of hydrogen-bond donors (Lipinski definition) is 1. The van der Waals surface area contributed by atoms with Gasteiger partial charge >= 0.3 is 0 Å². The lowest BCUT2D eigenvalue weighted by molar-refractivity contribution is 0.0920. The van der Waals surface area contributed by atoms with Crippen molar-refractivity contribution in [3.05, 3.63) is 35.9 Å². The molecule has 2 aliphatic rings. The molecule has 20 heavy (non-hydrogen) atoms. The predicted molar refractivity (Wildman–Crippen MR) is 81.8 cm³/mol. The second kappa shape index (κ2) is 6.70. The molecular weight excluding hydrogens is 248 g/mol. The summed E-state index contributed by atoms with van der Waals surface area (Å²) in [6.07, 6.45) is 2.90. The molecule has 2 aliphatic heterocycles. The fourth-order valence-corrected chi connectivity index (χ4v) is 3.41. The molecule has 0 radical (unpaired) electrons. The molecule has 3 atom stereocenters. The molecule has 0 spiro atoms. The highest BCUT2D eigenvalue weighted by Crippen LogP contribution is 2.24. The van der Waals surface area contributed by atoms with Gasteiger partial charge in [-0.2, -0.15) is 0 Å². The molecule has 0 aromatic heterocycles. The van der Waals surface area contributed by atoms with Crippen LogP contribution in [0.25, 0.3) is 0 Å². The second-order valence-corrected chi connectivity index (χ2v) is 6.16. The maximum Gasteiger partial charge on any atom is 0.0588 e. The first-order valence-corrected chi connectivity index (χ1v) is 7.95. The molecule has 2 saturated heterocycles. The Hall–Kier alpha value is -0.900. The van der Waals surface area contributed by atoms with E-state index in [1.165, 1.54) is 31.5 Å². The van der Waals surface area contributed by atoms with Gasteiger partial charge in [-0.3, -0.25) is 0 Å². The predicted octanol–water partition coefficient (Wildman–Crippen LogP) is 2.45. The van der Waals surface area contributed by atoms with Gasteiger partial charge in [0.2, 0.25) is 0 Å². The lowest BCUT2D eigenvalue weighted by Crippen LogP contribution is -2.36. The van der Waals surface area contributed by atoms with E-state index >= 15 is 0 Å². The third kappa shape index (κ3) is 3.40. The summed E-state index contributed by atoms with van der Waals surface area (Å²) >= 11 is 0. The van der Waals surface area contributed by atoms with Gasteiger partial charge in [0.05, 0.1) is 6.10 Å². The van der Waals surface area contributed by atoms with Gasteiger partial charge in [0.1, 0.15) is 0 Å². The molecule has 2 heterocycles. The number of rotatable bonds is 3. The van der Waals surface area contributed by atoms with Gasteiger partial charge in [-0.15, -0.1) is 0 Å². The van der Waals surface area contributed by atoms with Gasteiger partial charge in [-0.05, 0) is 44.3 Å². The van der Waals surface area contributed by atoms with Crippen molar-refractivity contribution in [3.8, 4) is 0 Å². The molecule has 3 heteroatoms. The molecule has 2 fully saturated rings. The smallest absolute Gasteiger partial charge is 0.0588 e. The normalized spacial score (nSPS) is 32.1. The molecule has 3 unspecified atom stereocenters. The second-order valence-electron chi connectivity index (χ2n) is 6.16. The van der Waals surface area contributed by atoms with Crippen LogP contribution in [0.2, 0.25) is 0 Å². The van der Waals surface area contributed by atoms with Crippen molar-refractivity contribution in [3.63, 3.8) is 0 Å². The van der Waals surface area contributed by atoms with Crippen LogP contribution in [0.3, 0.4) is 0 Å². The van der Waals surface area contributed by atoms with Gasteiger partial charge in [0.25, 0.3) is 0 Å². The van der Waals surface area contributed by atoms with Gasteiger partial charge in [-0.1, -0.05) is 30.3 Å². The summed E-state index contributed by atoms with van der Waals surface area (Å²) in [7, 11) is 0.